The minimum absolute atomic E-state index is 0.0370. The van der Waals surface area contributed by atoms with Crippen LogP contribution in [0.1, 0.15) is 49.2 Å². The van der Waals surface area contributed by atoms with Crippen LogP contribution in [-0.4, -0.2) is 17.4 Å². The van der Waals surface area contributed by atoms with E-state index in [1.807, 2.05) is 17.6 Å². The molecule has 0 N–H and O–H groups in total. The SMILES string of the molecule is CC1(C)CC(=O)C2=C(Cc3ncsc3C23CCOc2ccccc23)C1. The van der Waals surface area contributed by atoms with Crippen LogP contribution in [0.15, 0.2) is 40.9 Å². The molecule has 4 heteroatoms. The summed E-state index contributed by atoms with van der Waals surface area (Å²) >= 11 is 1.70. The third kappa shape index (κ3) is 2.03. The second kappa shape index (κ2) is 5.04. The molecule has 0 bridgehead atoms. The number of thiazole rings is 1. The number of carbonyl (C=O) groups is 1. The summed E-state index contributed by atoms with van der Waals surface area (Å²) in [6, 6.07) is 8.24. The molecular formula is C21H21NO2S. The van der Waals surface area contributed by atoms with Crippen molar-refractivity contribution in [2.45, 2.75) is 44.9 Å². The average molecular weight is 351 g/mol. The van der Waals surface area contributed by atoms with Gasteiger partial charge in [-0.05, 0) is 17.9 Å². The molecule has 25 heavy (non-hydrogen) atoms. The van der Waals surface area contributed by atoms with Crippen LogP contribution in [0.25, 0.3) is 0 Å². The Kier molecular flexibility index (Phi) is 3.09. The largest absolute Gasteiger partial charge is 0.493 e. The number of para-hydroxylation sites is 1. The maximum Gasteiger partial charge on any atom is 0.160 e. The highest BCUT2D eigenvalue weighted by Crippen LogP contribution is 2.57. The lowest BCUT2D eigenvalue weighted by molar-refractivity contribution is -0.118. The molecule has 0 saturated carbocycles. The van der Waals surface area contributed by atoms with E-state index in [1.54, 1.807) is 11.3 Å². The molecular weight excluding hydrogens is 330 g/mol. The normalized spacial score (nSPS) is 26.7. The maximum atomic E-state index is 13.3. The standard InChI is InChI=1S/C21H21NO2S/c1-20(2)10-13-9-15-19(25-12-22-15)21(18(13)16(23)11-20)7-8-24-17-6-4-3-5-14(17)21/h3-6,12H,7-11H2,1-2H3. The van der Waals surface area contributed by atoms with Gasteiger partial charge in [0, 0.05) is 35.3 Å². The first-order valence-corrected chi connectivity index (χ1v) is 9.80. The summed E-state index contributed by atoms with van der Waals surface area (Å²) < 4.78 is 5.95. The first-order valence-electron chi connectivity index (χ1n) is 8.92. The van der Waals surface area contributed by atoms with Gasteiger partial charge in [0.2, 0.25) is 0 Å². The van der Waals surface area contributed by atoms with Gasteiger partial charge in [-0.3, -0.25) is 4.79 Å². The highest BCUT2D eigenvalue weighted by atomic mass is 32.1. The van der Waals surface area contributed by atoms with E-state index in [1.165, 1.54) is 10.5 Å². The summed E-state index contributed by atoms with van der Waals surface area (Å²) in [6.45, 7) is 5.05. The number of rotatable bonds is 0. The highest BCUT2D eigenvalue weighted by molar-refractivity contribution is 7.10. The molecule has 128 valence electrons. The third-order valence-electron chi connectivity index (χ3n) is 5.88. The topological polar surface area (TPSA) is 39.2 Å². The minimum Gasteiger partial charge on any atom is -0.493 e. The van der Waals surface area contributed by atoms with Gasteiger partial charge in [-0.2, -0.15) is 0 Å². The summed E-state index contributed by atoms with van der Waals surface area (Å²) in [5, 5.41) is 0. The van der Waals surface area contributed by atoms with Crippen molar-refractivity contribution in [3.8, 4) is 5.75 Å². The number of allylic oxidation sites excluding steroid dienone is 2. The number of ether oxygens (including phenoxy) is 1. The molecule has 3 aliphatic rings. The van der Waals surface area contributed by atoms with Crippen LogP contribution in [0.5, 0.6) is 5.75 Å². The zero-order chi connectivity index (χ0) is 17.2. The molecule has 1 unspecified atom stereocenters. The van der Waals surface area contributed by atoms with E-state index in [-0.39, 0.29) is 10.8 Å². The number of nitrogens with zero attached hydrogens (tertiary/aromatic N) is 1. The van der Waals surface area contributed by atoms with E-state index in [9.17, 15) is 4.79 Å². The van der Waals surface area contributed by atoms with Crippen molar-refractivity contribution < 1.29 is 9.53 Å². The van der Waals surface area contributed by atoms with Crippen molar-refractivity contribution in [1.29, 1.82) is 0 Å². The van der Waals surface area contributed by atoms with Crippen molar-refractivity contribution in [2.24, 2.45) is 5.41 Å². The van der Waals surface area contributed by atoms with Gasteiger partial charge in [0.25, 0.3) is 0 Å². The molecule has 2 heterocycles. The molecule has 0 fully saturated rings. The van der Waals surface area contributed by atoms with Crippen molar-refractivity contribution in [3.05, 3.63) is 57.1 Å². The highest BCUT2D eigenvalue weighted by Gasteiger charge is 2.53. The van der Waals surface area contributed by atoms with E-state index in [0.29, 0.717) is 18.8 Å². The Morgan fingerprint density at radius 2 is 2.04 bits per heavy atom. The molecule has 3 nitrogen and oxygen atoms in total. The minimum atomic E-state index is -0.355. The smallest absolute Gasteiger partial charge is 0.160 e. The number of carbonyl (C=O) groups excluding carboxylic acids is 1. The van der Waals surface area contributed by atoms with Gasteiger partial charge in [-0.25, -0.2) is 4.98 Å². The van der Waals surface area contributed by atoms with Crippen LogP contribution in [0, 0.1) is 5.41 Å². The second-order valence-corrected chi connectivity index (χ2v) is 9.08. The van der Waals surface area contributed by atoms with Crippen LogP contribution < -0.4 is 4.74 Å². The second-order valence-electron chi connectivity index (χ2n) is 8.22. The van der Waals surface area contributed by atoms with E-state index in [4.69, 9.17) is 4.74 Å². The molecule has 1 aromatic heterocycles. The molecule has 1 aliphatic heterocycles. The van der Waals surface area contributed by atoms with Crippen LogP contribution in [0.3, 0.4) is 0 Å². The molecule has 1 aromatic carbocycles. The summed E-state index contributed by atoms with van der Waals surface area (Å²) in [5.74, 6) is 1.24. The zero-order valence-corrected chi connectivity index (χ0v) is 15.4. The van der Waals surface area contributed by atoms with Gasteiger partial charge in [-0.1, -0.05) is 37.6 Å². The van der Waals surface area contributed by atoms with Crippen molar-refractivity contribution >= 4 is 17.1 Å². The van der Waals surface area contributed by atoms with Crippen LogP contribution >= 0.6 is 11.3 Å². The van der Waals surface area contributed by atoms with E-state index < -0.39 is 0 Å². The number of fused-ring (bicyclic) bond motifs is 5. The summed E-state index contributed by atoms with van der Waals surface area (Å²) in [6.07, 6.45) is 3.26. The fourth-order valence-corrected chi connectivity index (χ4v) is 6.15. The number of hydrogen-bond donors (Lipinski definition) is 0. The lowest BCUT2D eigenvalue weighted by atomic mass is 9.58. The van der Waals surface area contributed by atoms with E-state index in [2.05, 4.69) is 31.0 Å². The number of hydrogen-bond acceptors (Lipinski definition) is 4. The van der Waals surface area contributed by atoms with Crippen molar-refractivity contribution in [1.82, 2.24) is 4.98 Å². The van der Waals surface area contributed by atoms with Crippen LogP contribution in [-0.2, 0) is 16.6 Å². The van der Waals surface area contributed by atoms with Crippen LogP contribution in [0.4, 0.5) is 0 Å². The van der Waals surface area contributed by atoms with Crippen molar-refractivity contribution in [3.63, 3.8) is 0 Å². The predicted octanol–water partition coefficient (Wildman–Crippen LogP) is 4.45. The first-order chi connectivity index (χ1) is 12.0. The Hall–Kier alpha value is -1.94. The maximum absolute atomic E-state index is 13.3. The van der Waals surface area contributed by atoms with Gasteiger partial charge in [0.15, 0.2) is 5.78 Å². The van der Waals surface area contributed by atoms with Crippen LogP contribution in [0.2, 0.25) is 0 Å². The molecule has 2 aromatic rings. The first kappa shape index (κ1) is 15.3. The Morgan fingerprint density at radius 1 is 1.20 bits per heavy atom. The van der Waals surface area contributed by atoms with Crippen molar-refractivity contribution in [2.75, 3.05) is 6.61 Å². The lowest BCUT2D eigenvalue weighted by Crippen LogP contribution is -2.44. The summed E-state index contributed by atoms with van der Waals surface area (Å²) in [4.78, 5) is 19.3. The monoisotopic (exact) mass is 351 g/mol. The lowest BCUT2D eigenvalue weighted by Gasteiger charge is -2.47. The fourth-order valence-electron chi connectivity index (χ4n) is 5.09. The molecule has 1 atom stereocenters. The zero-order valence-electron chi connectivity index (χ0n) is 14.6. The van der Waals surface area contributed by atoms with Gasteiger partial charge < -0.3 is 4.74 Å². The molecule has 0 amide bonds. The predicted molar refractivity (Wildman–Crippen MR) is 98.2 cm³/mol. The fraction of sp³-hybridized carbons (Fsp3) is 0.429. The van der Waals surface area contributed by atoms with E-state index in [0.717, 1.165) is 41.8 Å². The molecule has 1 spiro atoms. The molecule has 0 saturated heterocycles. The molecule has 2 aliphatic carbocycles. The molecule has 5 rings (SSSR count). The summed E-state index contributed by atoms with van der Waals surface area (Å²) in [5.41, 5.74) is 6.29. The third-order valence-corrected chi connectivity index (χ3v) is 6.91. The van der Waals surface area contributed by atoms with E-state index >= 15 is 0 Å². The average Bonchev–Trinajstić information content (AvgIpc) is 3.02. The Bertz CT molecular complexity index is 923. The van der Waals surface area contributed by atoms with Gasteiger partial charge in [0.05, 0.1) is 23.2 Å². The number of Topliss-reactive ketones (excluding diaryl/α,β-unsaturated/α-hetero) is 1. The number of ketones is 1. The summed E-state index contributed by atoms with van der Waals surface area (Å²) in [7, 11) is 0. The molecule has 0 radical (unpaired) electrons. The number of benzene rings is 1. The van der Waals surface area contributed by atoms with Gasteiger partial charge in [-0.15, -0.1) is 11.3 Å². The van der Waals surface area contributed by atoms with Gasteiger partial charge >= 0.3 is 0 Å². The quantitative estimate of drug-likeness (QED) is 0.704. The van der Waals surface area contributed by atoms with Gasteiger partial charge in [0.1, 0.15) is 5.75 Å². The number of aromatic nitrogens is 1. The Labute approximate surface area is 151 Å². The Balaban J connectivity index is 1.84. The Morgan fingerprint density at radius 3 is 2.92 bits per heavy atom.